The molecule has 4 aromatic rings. The fraction of sp³-hybridized carbons (Fsp3) is 0.105. The predicted octanol–water partition coefficient (Wildman–Crippen LogP) is 4.09. The maximum absolute atomic E-state index is 12.1. The summed E-state index contributed by atoms with van der Waals surface area (Å²) in [6.07, 6.45) is 3.15. The molecule has 2 N–H and O–H groups in total. The van der Waals surface area contributed by atoms with E-state index in [1.165, 1.54) is 0 Å². The molecule has 0 aliphatic carbocycles. The average Bonchev–Trinajstić information content (AvgIpc) is 3.25. The third-order valence-electron chi connectivity index (χ3n) is 3.98. The Kier molecular flexibility index (Phi) is 3.57. The van der Waals surface area contributed by atoms with E-state index in [0.29, 0.717) is 5.89 Å². The highest BCUT2D eigenvalue weighted by Gasteiger charge is 2.13. The van der Waals surface area contributed by atoms with Crippen molar-refractivity contribution in [3.63, 3.8) is 0 Å². The summed E-state index contributed by atoms with van der Waals surface area (Å²) in [5.41, 5.74) is 5.23. The fourth-order valence-electron chi connectivity index (χ4n) is 2.67. The van der Waals surface area contributed by atoms with Crippen LogP contribution >= 0.6 is 0 Å². The minimum atomic E-state index is -0.279. The Labute approximate surface area is 143 Å². The number of carbonyl (C=O) groups is 1. The van der Waals surface area contributed by atoms with Gasteiger partial charge in [0.05, 0.1) is 0 Å². The maximum Gasteiger partial charge on any atom is 0.291 e. The van der Waals surface area contributed by atoms with Crippen molar-refractivity contribution in [2.24, 2.45) is 0 Å². The molecule has 0 bridgehead atoms. The first-order valence-electron chi connectivity index (χ1n) is 7.89. The number of carbonyl (C=O) groups excluding carboxylic acids is 1. The van der Waals surface area contributed by atoms with Crippen molar-refractivity contribution in [1.29, 1.82) is 0 Å². The van der Waals surface area contributed by atoms with Gasteiger partial charge in [-0.25, -0.2) is 9.97 Å². The maximum atomic E-state index is 12.1. The standard InChI is InChI=1S/C19H16N4O2/c1-11-3-6-16-15(9-11)23-19(25-16)13-4-5-14(12(2)10-13)22-18(24)17-20-7-8-21-17/h3-10H,1-2H3,(H,20,21)(H,22,24). The summed E-state index contributed by atoms with van der Waals surface area (Å²) in [7, 11) is 0. The van der Waals surface area contributed by atoms with Gasteiger partial charge in [-0.1, -0.05) is 6.07 Å². The van der Waals surface area contributed by atoms with E-state index in [2.05, 4.69) is 20.3 Å². The first-order valence-corrected chi connectivity index (χ1v) is 7.89. The van der Waals surface area contributed by atoms with Crippen molar-refractivity contribution >= 4 is 22.7 Å². The van der Waals surface area contributed by atoms with E-state index >= 15 is 0 Å². The summed E-state index contributed by atoms with van der Waals surface area (Å²) >= 11 is 0. The van der Waals surface area contributed by atoms with Crippen molar-refractivity contribution < 1.29 is 9.21 Å². The molecule has 6 heteroatoms. The topological polar surface area (TPSA) is 83.8 Å². The van der Waals surface area contributed by atoms with E-state index in [-0.39, 0.29) is 11.7 Å². The monoisotopic (exact) mass is 332 g/mol. The smallest absolute Gasteiger partial charge is 0.291 e. The van der Waals surface area contributed by atoms with Crippen LogP contribution < -0.4 is 5.32 Å². The van der Waals surface area contributed by atoms with E-state index in [4.69, 9.17) is 4.42 Å². The molecule has 0 fully saturated rings. The second-order valence-electron chi connectivity index (χ2n) is 5.91. The second-order valence-corrected chi connectivity index (χ2v) is 5.91. The zero-order valence-corrected chi connectivity index (χ0v) is 13.8. The molecule has 0 saturated heterocycles. The number of nitrogens with zero attached hydrogens (tertiary/aromatic N) is 2. The average molecular weight is 332 g/mol. The molecule has 6 nitrogen and oxygen atoms in total. The predicted molar refractivity (Wildman–Crippen MR) is 95.5 cm³/mol. The van der Waals surface area contributed by atoms with Crippen LogP contribution in [-0.2, 0) is 0 Å². The number of anilines is 1. The van der Waals surface area contributed by atoms with Crippen molar-refractivity contribution in [1.82, 2.24) is 15.0 Å². The Morgan fingerprint density at radius 1 is 1.16 bits per heavy atom. The van der Waals surface area contributed by atoms with Gasteiger partial charge >= 0.3 is 0 Å². The van der Waals surface area contributed by atoms with Crippen molar-refractivity contribution in [3.8, 4) is 11.5 Å². The molecule has 124 valence electrons. The largest absolute Gasteiger partial charge is 0.436 e. The lowest BCUT2D eigenvalue weighted by Gasteiger charge is -2.08. The molecule has 0 atom stereocenters. The quantitative estimate of drug-likeness (QED) is 0.592. The number of aryl methyl sites for hydroxylation is 2. The number of hydrogen-bond acceptors (Lipinski definition) is 4. The minimum Gasteiger partial charge on any atom is -0.436 e. The molecule has 2 heterocycles. The lowest BCUT2D eigenvalue weighted by molar-refractivity contribution is 0.101. The fourth-order valence-corrected chi connectivity index (χ4v) is 2.67. The van der Waals surface area contributed by atoms with Gasteiger partial charge in [-0.15, -0.1) is 0 Å². The third kappa shape index (κ3) is 2.89. The summed E-state index contributed by atoms with van der Waals surface area (Å²) in [6, 6.07) is 11.6. The van der Waals surface area contributed by atoms with Gasteiger partial charge < -0.3 is 14.7 Å². The van der Waals surface area contributed by atoms with Crippen LogP contribution in [-0.4, -0.2) is 20.9 Å². The molecule has 0 spiro atoms. The minimum absolute atomic E-state index is 0.276. The van der Waals surface area contributed by atoms with Crippen LogP contribution in [0.1, 0.15) is 21.7 Å². The molecule has 25 heavy (non-hydrogen) atoms. The summed E-state index contributed by atoms with van der Waals surface area (Å²) in [5, 5.41) is 2.84. The van der Waals surface area contributed by atoms with E-state index in [1.54, 1.807) is 12.4 Å². The summed E-state index contributed by atoms with van der Waals surface area (Å²) in [6.45, 7) is 3.95. The van der Waals surface area contributed by atoms with Gasteiger partial charge in [0.25, 0.3) is 5.91 Å². The number of rotatable bonds is 3. The number of benzene rings is 2. The van der Waals surface area contributed by atoms with E-state index in [9.17, 15) is 4.79 Å². The number of hydrogen-bond donors (Lipinski definition) is 2. The first-order chi connectivity index (χ1) is 12.1. The highest BCUT2D eigenvalue weighted by atomic mass is 16.3. The summed E-state index contributed by atoms with van der Waals surface area (Å²) in [5.74, 6) is 0.559. The molecule has 1 amide bonds. The normalized spacial score (nSPS) is 11.0. The van der Waals surface area contributed by atoms with Gasteiger partial charge in [0.1, 0.15) is 5.52 Å². The Bertz CT molecular complexity index is 1060. The number of aromatic nitrogens is 3. The number of oxazole rings is 1. The van der Waals surface area contributed by atoms with Crippen LogP contribution in [0.4, 0.5) is 5.69 Å². The summed E-state index contributed by atoms with van der Waals surface area (Å²) < 4.78 is 5.83. The molecule has 4 rings (SSSR count). The molecule has 0 saturated carbocycles. The van der Waals surface area contributed by atoms with Gasteiger partial charge in [-0.05, 0) is 55.3 Å². The van der Waals surface area contributed by atoms with Gasteiger partial charge in [-0.2, -0.15) is 0 Å². The van der Waals surface area contributed by atoms with Crippen molar-refractivity contribution in [3.05, 3.63) is 65.7 Å². The Balaban J connectivity index is 1.63. The Morgan fingerprint density at radius 2 is 2.04 bits per heavy atom. The molecule has 2 aromatic carbocycles. The van der Waals surface area contributed by atoms with Crippen molar-refractivity contribution in [2.45, 2.75) is 13.8 Å². The molecule has 0 aliphatic heterocycles. The molecular formula is C19H16N4O2. The Morgan fingerprint density at radius 3 is 2.80 bits per heavy atom. The lowest BCUT2D eigenvalue weighted by atomic mass is 10.1. The highest BCUT2D eigenvalue weighted by molar-refractivity contribution is 6.02. The van der Waals surface area contributed by atoms with Gasteiger partial charge in [0.2, 0.25) is 5.89 Å². The number of H-pyrrole nitrogens is 1. The third-order valence-corrected chi connectivity index (χ3v) is 3.98. The number of nitrogens with one attached hydrogen (secondary N) is 2. The van der Waals surface area contributed by atoms with Gasteiger partial charge in [0, 0.05) is 23.6 Å². The van der Waals surface area contributed by atoms with Crippen LogP contribution in [0.2, 0.25) is 0 Å². The molecule has 2 aromatic heterocycles. The Hall–Kier alpha value is -3.41. The van der Waals surface area contributed by atoms with Crippen LogP contribution in [0.15, 0.2) is 53.2 Å². The number of fused-ring (bicyclic) bond motifs is 1. The SMILES string of the molecule is Cc1ccc2oc(-c3ccc(NC(=O)c4ncc[nH]4)c(C)c3)nc2c1. The van der Waals surface area contributed by atoms with Crippen LogP contribution in [0.5, 0.6) is 0 Å². The van der Waals surface area contributed by atoms with E-state index in [0.717, 1.165) is 33.5 Å². The zero-order valence-electron chi connectivity index (χ0n) is 13.8. The number of aromatic amines is 1. The molecule has 0 aliphatic rings. The van der Waals surface area contributed by atoms with E-state index in [1.807, 2.05) is 50.2 Å². The summed E-state index contributed by atoms with van der Waals surface area (Å²) in [4.78, 5) is 23.4. The molecule has 0 radical (unpaired) electrons. The molecule has 0 unspecified atom stereocenters. The number of amides is 1. The lowest BCUT2D eigenvalue weighted by Crippen LogP contribution is -2.14. The van der Waals surface area contributed by atoms with Crippen molar-refractivity contribution in [2.75, 3.05) is 5.32 Å². The highest BCUT2D eigenvalue weighted by Crippen LogP contribution is 2.28. The zero-order chi connectivity index (χ0) is 17.4. The van der Waals surface area contributed by atoms with Gasteiger partial charge in [-0.3, -0.25) is 4.79 Å². The van der Waals surface area contributed by atoms with Crippen LogP contribution in [0.3, 0.4) is 0 Å². The first kappa shape index (κ1) is 15.1. The van der Waals surface area contributed by atoms with Gasteiger partial charge in [0.15, 0.2) is 11.4 Å². The van der Waals surface area contributed by atoms with Crippen LogP contribution in [0, 0.1) is 13.8 Å². The number of imidazole rings is 1. The van der Waals surface area contributed by atoms with E-state index < -0.39 is 0 Å². The van der Waals surface area contributed by atoms with Crippen LogP contribution in [0.25, 0.3) is 22.6 Å². The molecular weight excluding hydrogens is 316 g/mol. The second kappa shape index (κ2) is 5.90.